The van der Waals surface area contributed by atoms with Crippen molar-refractivity contribution >= 4 is 10.9 Å². The van der Waals surface area contributed by atoms with E-state index in [1.807, 2.05) is 0 Å². The van der Waals surface area contributed by atoms with Gasteiger partial charge in [-0.05, 0) is 60.5 Å². The third kappa shape index (κ3) is 2.33. The molecule has 1 aromatic carbocycles. The highest BCUT2D eigenvalue weighted by atomic mass is 15.1. The molecule has 0 bridgehead atoms. The van der Waals surface area contributed by atoms with Crippen LogP contribution < -0.4 is 5.73 Å². The van der Waals surface area contributed by atoms with Crippen molar-refractivity contribution in [2.75, 3.05) is 20.1 Å². The maximum Gasteiger partial charge on any atom is 0.0462 e. The van der Waals surface area contributed by atoms with Crippen LogP contribution in [0.1, 0.15) is 49.8 Å². The Balaban J connectivity index is 1.89. The van der Waals surface area contributed by atoms with Gasteiger partial charge in [-0.1, -0.05) is 26.8 Å². The van der Waals surface area contributed by atoms with Gasteiger partial charge in [0.05, 0.1) is 0 Å². The summed E-state index contributed by atoms with van der Waals surface area (Å²) in [6.07, 6.45) is 4.64. The molecular formula is C20H29N3. The molecule has 1 aliphatic carbocycles. The first-order valence-corrected chi connectivity index (χ1v) is 8.93. The quantitative estimate of drug-likeness (QED) is 0.848. The Hall–Kier alpha value is -1.32. The average molecular weight is 311 g/mol. The smallest absolute Gasteiger partial charge is 0.0462 e. The Labute approximate surface area is 139 Å². The van der Waals surface area contributed by atoms with Gasteiger partial charge in [0, 0.05) is 35.6 Å². The van der Waals surface area contributed by atoms with Crippen molar-refractivity contribution in [3.63, 3.8) is 0 Å². The zero-order valence-electron chi connectivity index (χ0n) is 14.8. The molecule has 3 heteroatoms. The first kappa shape index (κ1) is 15.2. The van der Waals surface area contributed by atoms with Crippen LogP contribution in [0.25, 0.3) is 10.9 Å². The van der Waals surface area contributed by atoms with Gasteiger partial charge in [0.1, 0.15) is 0 Å². The van der Waals surface area contributed by atoms with Crippen molar-refractivity contribution < 1.29 is 0 Å². The highest BCUT2D eigenvalue weighted by molar-refractivity contribution is 5.89. The number of nitrogens with zero attached hydrogens (tertiary/aromatic N) is 1. The monoisotopic (exact) mass is 311 g/mol. The molecular weight excluding hydrogens is 282 g/mol. The minimum absolute atomic E-state index is 0.177. The van der Waals surface area contributed by atoms with Crippen LogP contribution in [0.3, 0.4) is 0 Å². The number of piperidine rings is 1. The lowest BCUT2D eigenvalue weighted by Crippen LogP contribution is -2.49. The Kier molecular flexibility index (Phi) is 3.37. The van der Waals surface area contributed by atoms with Gasteiger partial charge in [-0.2, -0.15) is 0 Å². The highest BCUT2D eigenvalue weighted by Gasteiger charge is 2.39. The summed E-state index contributed by atoms with van der Waals surface area (Å²) in [5.41, 5.74) is 12.0. The van der Waals surface area contributed by atoms with E-state index >= 15 is 0 Å². The zero-order chi connectivity index (χ0) is 16.4. The van der Waals surface area contributed by atoms with Crippen molar-refractivity contribution in [1.82, 2.24) is 9.88 Å². The normalized spacial score (nSPS) is 28.1. The minimum atomic E-state index is 0.177. The van der Waals surface area contributed by atoms with Crippen molar-refractivity contribution in [3.8, 4) is 0 Å². The Morgan fingerprint density at radius 2 is 2.09 bits per heavy atom. The lowest BCUT2D eigenvalue weighted by molar-refractivity contribution is 0.115. The van der Waals surface area contributed by atoms with Crippen molar-refractivity contribution in [2.45, 2.75) is 51.0 Å². The molecule has 23 heavy (non-hydrogen) atoms. The number of fused-ring (bicyclic) bond motifs is 2. The number of likely N-dealkylation sites (tertiary alicyclic amines) is 1. The van der Waals surface area contributed by atoms with Crippen LogP contribution in [0.15, 0.2) is 18.3 Å². The summed E-state index contributed by atoms with van der Waals surface area (Å²) < 4.78 is 0. The molecule has 3 atom stereocenters. The second-order valence-electron chi connectivity index (χ2n) is 8.71. The first-order chi connectivity index (χ1) is 10.9. The van der Waals surface area contributed by atoms with Crippen LogP contribution in [0.5, 0.6) is 0 Å². The lowest BCUT2D eigenvalue weighted by atomic mass is 9.71. The molecule has 0 radical (unpaired) electrons. The maximum absolute atomic E-state index is 6.03. The second-order valence-corrected chi connectivity index (χ2v) is 8.71. The molecule has 2 aliphatic rings. The van der Waals surface area contributed by atoms with Gasteiger partial charge in [-0.15, -0.1) is 0 Å². The summed E-state index contributed by atoms with van der Waals surface area (Å²) >= 11 is 0. The number of H-pyrrole nitrogens is 1. The molecule has 1 saturated heterocycles. The summed E-state index contributed by atoms with van der Waals surface area (Å²) in [6, 6.07) is 5.47. The SMILES string of the molecule is CN1C[C@H](CN)C[C@@H]2c3cc(C(C)(C)C)cc4[nH]cc(c34)C[C@H]21. The topological polar surface area (TPSA) is 45.0 Å². The fourth-order valence-electron chi connectivity index (χ4n) is 4.73. The summed E-state index contributed by atoms with van der Waals surface area (Å²) in [5.74, 6) is 1.24. The van der Waals surface area contributed by atoms with Crippen molar-refractivity contribution in [2.24, 2.45) is 11.7 Å². The van der Waals surface area contributed by atoms with E-state index < -0.39 is 0 Å². The molecule has 1 fully saturated rings. The van der Waals surface area contributed by atoms with Crippen LogP contribution in [0.4, 0.5) is 0 Å². The molecule has 0 saturated carbocycles. The predicted molar refractivity (Wildman–Crippen MR) is 97.0 cm³/mol. The number of likely N-dealkylation sites (N-methyl/N-ethyl adjacent to an activating group) is 1. The van der Waals surface area contributed by atoms with E-state index in [0.717, 1.165) is 13.1 Å². The standard InChI is InChI=1S/C20H29N3/c1-20(2,3)14-7-16-15-5-12(9-21)11-23(4)18(15)6-13-10-22-17(8-14)19(13)16/h7-8,10,12,15,18,22H,5-6,9,11,21H2,1-4H3/t12-,15+,18+/m0/s1. The third-order valence-electron chi connectivity index (χ3n) is 6.08. The number of nitrogens with one attached hydrogen (secondary N) is 1. The second kappa shape index (κ2) is 5.09. The number of aromatic nitrogens is 1. The number of hydrogen-bond donors (Lipinski definition) is 2. The van der Waals surface area contributed by atoms with E-state index in [-0.39, 0.29) is 5.41 Å². The Bertz CT molecular complexity index is 737. The fourth-order valence-corrected chi connectivity index (χ4v) is 4.73. The van der Waals surface area contributed by atoms with E-state index in [1.165, 1.54) is 34.9 Å². The molecule has 124 valence electrons. The molecule has 0 spiro atoms. The van der Waals surface area contributed by atoms with Crippen LogP contribution >= 0.6 is 0 Å². The minimum Gasteiger partial charge on any atom is -0.361 e. The summed E-state index contributed by atoms with van der Waals surface area (Å²) in [7, 11) is 2.28. The van der Waals surface area contributed by atoms with Gasteiger partial charge in [0.25, 0.3) is 0 Å². The number of aromatic amines is 1. The molecule has 1 aromatic heterocycles. The largest absolute Gasteiger partial charge is 0.361 e. The number of rotatable bonds is 1. The maximum atomic E-state index is 6.03. The molecule has 2 aromatic rings. The number of benzene rings is 1. The van der Waals surface area contributed by atoms with Gasteiger partial charge >= 0.3 is 0 Å². The van der Waals surface area contributed by atoms with Crippen LogP contribution in [-0.4, -0.2) is 36.1 Å². The van der Waals surface area contributed by atoms with Crippen LogP contribution in [0, 0.1) is 5.92 Å². The fraction of sp³-hybridized carbons (Fsp3) is 0.600. The Morgan fingerprint density at radius 1 is 1.30 bits per heavy atom. The number of nitrogens with two attached hydrogens (primary N) is 1. The van der Waals surface area contributed by atoms with Gasteiger partial charge < -0.3 is 15.6 Å². The zero-order valence-corrected chi connectivity index (χ0v) is 14.8. The lowest BCUT2D eigenvalue weighted by Gasteiger charge is -2.45. The average Bonchev–Trinajstić information content (AvgIpc) is 2.91. The van der Waals surface area contributed by atoms with Crippen molar-refractivity contribution in [3.05, 3.63) is 35.0 Å². The molecule has 3 N–H and O–H groups in total. The van der Waals surface area contributed by atoms with Gasteiger partial charge in [0.15, 0.2) is 0 Å². The summed E-state index contributed by atoms with van der Waals surface area (Å²) in [6.45, 7) is 8.86. The van der Waals surface area contributed by atoms with Crippen molar-refractivity contribution in [1.29, 1.82) is 0 Å². The van der Waals surface area contributed by atoms with E-state index in [4.69, 9.17) is 5.73 Å². The molecule has 2 heterocycles. The van der Waals surface area contributed by atoms with Crippen LogP contribution in [0.2, 0.25) is 0 Å². The Morgan fingerprint density at radius 3 is 2.78 bits per heavy atom. The van der Waals surface area contributed by atoms with E-state index in [0.29, 0.717) is 17.9 Å². The van der Waals surface area contributed by atoms with E-state index in [9.17, 15) is 0 Å². The highest BCUT2D eigenvalue weighted by Crippen LogP contribution is 2.45. The first-order valence-electron chi connectivity index (χ1n) is 8.93. The van der Waals surface area contributed by atoms with Gasteiger partial charge in [-0.3, -0.25) is 0 Å². The molecule has 1 aliphatic heterocycles. The molecule has 0 unspecified atom stereocenters. The predicted octanol–water partition coefficient (Wildman–Crippen LogP) is 3.38. The molecule has 3 nitrogen and oxygen atoms in total. The number of hydrogen-bond acceptors (Lipinski definition) is 2. The molecule has 4 rings (SSSR count). The van der Waals surface area contributed by atoms with Gasteiger partial charge in [0.2, 0.25) is 0 Å². The van der Waals surface area contributed by atoms with Crippen LogP contribution in [-0.2, 0) is 11.8 Å². The van der Waals surface area contributed by atoms with Gasteiger partial charge in [-0.25, -0.2) is 0 Å². The summed E-state index contributed by atoms with van der Waals surface area (Å²) in [4.78, 5) is 6.09. The van der Waals surface area contributed by atoms with E-state index in [1.54, 1.807) is 5.56 Å². The van der Waals surface area contributed by atoms with E-state index in [2.05, 4.69) is 56.0 Å². The molecule has 0 amide bonds. The summed E-state index contributed by atoms with van der Waals surface area (Å²) in [5, 5.41) is 1.49. The third-order valence-corrected chi connectivity index (χ3v) is 6.08.